The van der Waals surface area contributed by atoms with E-state index in [0.29, 0.717) is 12.0 Å². The molecule has 2 N–H and O–H groups in total. The van der Waals surface area contributed by atoms with E-state index in [1.165, 1.54) is 0 Å². The Labute approximate surface area is 192 Å². The lowest BCUT2D eigenvalue weighted by Crippen LogP contribution is -2.30. The van der Waals surface area contributed by atoms with Crippen LogP contribution in [0.15, 0.2) is 66.9 Å². The largest absolute Gasteiger partial charge is 0.456 e. The molecule has 0 amide bonds. The van der Waals surface area contributed by atoms with Gasteiger partial charge in [0.2, 0.25) is 0 Å². The highest BCUT2D eigenvalue weighted by molar-refractivity contribution is 6.41. The molecule has 6 heteroatoms. The van der Waals surface area contributed by atoms with Gasteiger partial charge in [-0.25, -0.2) is 4.79 Å². The van der Waals surface area contributed by atoms with Crippen LogP contribution in [0.1, 0.15) is 40.7 Å². The lowest BCUT2D eigenvalue weighted by molar-refractivity contribution is -0.137. The van der Waals surface area contributed by atoms with Gasteiger partial charge in [0, 0.05) is 39.7 Å². The number of ketones is 1. The summed E-state index contributed by atoms with van der Waals surface area (Å²) in [6.45, 7) is 5.94. The Morgan fingerprint density at radius 1 is 1.03 bits per heavy atom. The van der Waals surface area contributed by atoms with Gasteiger partial charge >= 0.3 is 5.97 Å². The van der Waals surface area contributed by atoms with Crippen molar-refractivity contribution in [1.29, 1.82) is 5.41 Å². The summed E-state index contributed by atoms with van der Waals surface area (Å²) in [5.74, 6) is -1.90. The molecule has 0 fully saturated rings. The number of H-pyrrole nitrogens is 1. The number of ether oxygens (including phenoxy) is 1. The molecule has 2 heterocycles. The molecule has 4 rings (SSSR count). The topological polar surface area (TPSA) is 87.9 Å². The van der Waals surface area contributed by atoms with Crippen LogP contribution in [-0.4, -0.2) is 27.0 Å². The SMILES string of the molecule is CC[C@@H](C(=N)C(=O)OCc1ccccc1)C(=O)c1c[nH]c2ccc(-n3c(C)ccc3C)cc12. The van der Waals surface area contributed by atoms with Gasteiger partial charge in [0.15, 0.2) is 5.78 Å². The number of aromatic nitrogens is 2. The van der Waals surface area contributed by atoms with E-state index >= 15 is 0 Å². The number of carbonyl (C=O) groups excluding carboxylic acids is 2. The zero-order valence-electron chi connectivity index (χ0n) is 19.0. The molecule has 0 aliphatic rings. The van der Waals surface area contributed by atoms with Crippen LogP contribution in [0.4, 0.5) is 0 Å². The maximum atomic E-state index is 13.4. The zero-order chi connectivity index (χ0) is 23.5. The standard InChI is InChI=1S/C27H27N3O3/c1-4-21(25(28)27(32)33-16-19-8-6-5-7-9-19)26(31)23-15-29-24-13-12-20(14-22(23)24)30-17(2)10-11-18(30)3/h5-15,21,28-29H,4,16H2,1-3H3/t21-/m0/s1. The van der Waals surface area contributed by atoms with E-state index < -0.39 is 11.9 Å². The first-order chi connectivity index (χ1) is 15.9. The number of aryl methyl sites for hydroxylation is 2. The van der Waals surface area contributed by atoms with Crippen molar-refractivity contribution in [3.05, 3.63) is 89.4 Å². The molecule has 0 aliphatic carbocycles. The van der Waals surface area contributed by atoms with Crippen LogP contribution in [0.5, 0.6) is 0 Å². The van der Waals surface area contributed by atoms with E-state index in [0.717, 1.165) is 33.5 Å². The number of carbonyl (C=O) groups is 2. The molecule has 6 nitrogen and oxygen atoms in total. The van der Waals surface area contributed by atoms with E-state index in [-0.39, 0.29) is 18.1 Å². The average molecular weight is 442 g/mol. The van der Waals surface area contributed by atoms with Crippen LogP contribution in [0.25, 0.3) is 16.6 Å². The van der Waals surface area contributed by atoms with Gasteiger partial charge in [-0.15, -0.1) is 0 Å². The molecule has 0 bridgehead atoms. The molecule has 0 saturated heterocycles. The van der Waals surface area contributed by atoms with E-state index in [1.807, 2.05) is 62.4 Å². The Balaban J connectivity index is 1.59. The number of Topliss-reactive ketones (excluding diaryl/α,β-unsaturated/α-hetero) is 1. The second-order valence-electron chi connectivity index (χ2n) is 8.18. The molecule has 0 radical (unpaired) electrons. The van der Waals surface area contributed by atoms with Crippen LogP contribution in [0, 0.1) is 25.2 Å². The van der Waals surface area contributed by atoms with Crippen molar-refractivity contribution in [2.24, 2.45) is 5.92 Å². The Morgan fingerprint density at radius 3 is 2.39 bits per heavy atom. The van der Waals surface area contributed by atoms with Gasteiger partial charge in [-0.2, -0.15) is 0 Å². The number of nitrogens with one attached hydrogen (secondary N) is 2. The third-order valence-corrected chi connectivity index (χ3v) is 5.97. The molecule has 2 aromatic heterocycles. The van der Waals surface area contributed by atoms with Crippen LogP contribution < -0.4 is 0 Å². The maximum absolute atomic E-state index is 13.4. The quantitative estimate of drug-likeness (QED) is 0.214. The molecule has 0 spiro atoms. The lowest BCUT2D eigenvalue weighted by atomic mass is 9.90. The van der Waals surface area contributed by atoms with Gasteiger partial charge in [-0.1, -0.05) is 37.3 Å². The van der Waals surface area contributed by atoms with Gasteiger partial charge in [-0.3, -0.25) is 10.2 Å². The molecular formula is C27H27N3O3. The summed E-state index contributed by atoms with van der Waals surface area (Å²) in [5.41, 5.74) is 4.98. The summed E-state index contributed by atoms with van der Waals surface area (Å²) in [7, 11) is 0. The minimum atomic E-state index is -0.869. The predicted octanol–water partition coefficient (Wildman–Crippen LogP) is 5.55. The van der Waals surface area contributed by atoms with Crippen molar-refractivity contribution in [2.75, 3.05) is 0 Å². The van der Waals surface area contributed by atoms with E-state index in [1.54, 1.807) is 13.1 Å². The van der Waals surface area contributed by atoms with Gasteiger partial charge in [0.05, 0.1) is 5.92 Å². The third-order valence-electron chi connectivity index (χ3n) is 5.97. The second-order valence-corrected chi connectivity index (χ2v) is 8.18. The predicted molar refractivity (Wildman–Crippen MR) is 129 cm³/mol. The van der Waals surface area contributed by atoms with Crippen molar-refractivity contribution in [3.63, 3.8) is 0 Å². The fraction of sp³-hybridized carbons (Fsp3) is 0.222. The van der Waals surface area contributed by atoms with E-state index in [9.17, 15) is 9.59 Å². The van der Waals surface area contributed by atoms with E-state index in [2.05, 4.69) is 21.7 Å². The van der Waals surface area contributed by atoms with Crippen molar-refractivity contribution >= 4 is 28.4 Å². The highest BCUT2D eigenvalue weighted by Gasteiger charge is 2.30. The summed E-state index contributed by atoms with van der Waals surface area (Å²) in [6, 6.07) is 19.3. The lowest BCUT2D eigenvalue weighted by Gasteiger charge is -2.15. The zero-order valence-corrected chi connectivity index (χ0v) is 19.0. The number of hydrogen-bond donors (Lipinski definition) is 2. The number of rotatable bonds is 8. The summed E-state index contributed by atoms with van der Waals surface area (Å²) in [5, 5.41) is 9.13. The molecule has 33 heavy (non-hydrogen) atoms. The molecule has 0 aliphatic heterocycles. The minimum Gasteiger partial charge on any atom is -0.456 e. The van der Waals surface area contributed by atoms with Crippen LogP contribution in [0.2, 0.25) is 0 Å². The number of nitrogens with zero attached hydrogens (tertiary/aromatic N) is 1. The molecular weight excluding hydrogens is 414 g/mol. The summed E-state index contributed by atoms with van der Waals surface area (Å²) in [6.07, 6.45) is 2.00. The monoisotopic (exact) mass is 441 g/mol. The molecule has 0 unspecified atom stereocenters. The Hall–Kier alpha value is -3.93. The molecule has 168 valence electrons. The van der Waals surface area contributed by atoms with Gasteiger partial charge in [-0.05, 0) is 56.2 Å². The highest BCUT2D eigenvalue weighted by Crippen LogP contribution is 2.27. The summed E-state index contributed by atoms with van der Waals surface area (Å²) < 4.78 is 7.42. The normalized spacial score (nSPS) is 12.0. The van der Waals surface area contributed by atoms with Crippen molar-refractivity contribution < 1.29 is 14.3 Å². The van der Waals surface area contributed by atoms with Gasteiger partial charge in [0.25, 0.3) is 0 Å². The number of benzene rings is 2. The van der Waals surface area contributed by atoms with Crippen LogP contribution in [0.3, 0.4) is 0 Å². The average Bonchev–Trinajstić information content (AvgIpc) is 3.40. The first-order valence-corrected chi connectivity index (χ1v) is 11.0. The number of aromatic amines is 1. The number of fused-ring (bicyclic) bond motifs is 1. The molecule has 2 aromatic carbocycles. The molecule has 4 aromatic rings. The van der Waals surface area contributed by atoms with Crippen molar-refractivity contribution in [3.8, 4) is 5.69 Å². The smallest absolute Gasteiger partial charge is 0.353 e. The minimum absolute atomic E-state index is 0.0682. The third kappa shape index (κ3) is 4.37. The second kappa shape index (κ2) is 9.28. The van der Waals surface area contributed by atoms with Crippen LogP contribution >= 0.6 is 0 Å². The number of hydrogen-bond acceptors (Lipinski definition) is 4. The summed E-state index contributed by atoms with van der Waals surface area (Å²) in [4.78, 5) is 29.1. The first kappa shape index (κ1) is 22.3. The Bertz CT molecular complexity index is 1310. The van der Waals surface area contributed by atoms with E-state index in [4.69, 9.17) is 10.1 Å². The fourth-order valence-corrected chi connectivity index (χ4v) is 4.18. The van der Waals surface area contributed by atoms with Crippen molar-refractivity contribution in [1.82, 2.24) is 9.55 Å². The van der Waals surface area contributed by atoms with Crippen molar-refractivity contribution in [2.45, 2.75) is 33.8 Å². The molecule has 0 saturated carbocycles. The first-order valence-electron chi connectivity index (χ1n) is 11.0. The highest BCUT2D eigenvalue weighted by atomic mass is 16.5. The fourth-order valence-electron chi connectivity index (χ4n) is 4.18. The molecule has 1 atom stereocenters. The summed E-state index contributed by atoms with van der Waals surface area (Å²) >= 11 is 0. The number of esters is 1. The van der Waals surface area contributed by atoms with Gasteiger partial charge < -0.3 is 14.3 Å². The van der Waals surface area contributed by atoms with Gasteiger partial charge in [0.1, 0.15) is 12.3 Å². The maximum Gasteiger partial charge on any atom is 0.353 e. The Kier molecular flexibility index (Phi) is 6.27. The Morgan fingerprint density at radius 2 is 1.73 bits per heavy atom. The van der Waals surface area contributed by atoms with Crippen LogP contribution in [-0.2, 0) is 16.1 Å².